The third-order valence-electron chi connectivity index (χ3n) is 5.05. The molecular formula is C20H35N5. The third kappa shape index (κ3) is 6.22. The first kappa shape index (κ1) is 19.5. The van der Waals surface area contributed by atoms with Gasteiger partial charge in [-0.05, 0) is 50.2 Å². The molecule has 1 aliphatic heterocycles. The molecule has 25 heavy (non-hydrogen) atoms. The molecule has 1 fully saturated rings. The predicted octanol–water partition coefficient (Wildman–Crippen LogP) is 3.42. The number of aliphatic imine (C=N–C) groups is 1. The molecule has 0 radical (unpaired) electrons. The minimum atomic E-state index is 0.389. The van der Waals surface area contributed by atoms with Crippen molar-refractivity contribution in [3.63, 3.8) is 0 Å². The number of nitrogens with zero attached hydrogens (tertiary/aromatic N) is 3. The fraction of sp³-hybridized carbons (Fsp3) is 0.700. The van der Waals surface area contributed by atoms with Crippen LogP contribution in [-0.4, -0.2) is 36.6 Å². The zero-order valence-electron chi connectivity index (χ0n) is 16.5. The Morgan fingerprint density at radius 3 is 2.56 bits per heavy atom. The lowest BCUT2D eigenvalue weighted by atomic mass is 9.99. The smallest absolute Gasteiger partial charge is 0.191 e. The highest BCUT2D eigenvalue weighted by atomic mass is 15.2. The number of hydrogen-bond donors (Lipinski definition) is 2. The van der Waals surface area contributed by atoms with Crippen molar-refractivity contribution in [2.75, 3.05) is 24.5 Å². The summed E-state index contributed by atoms with van der Waals surface area (Å²) in [7, 11) is 0. The Balaban J connectivity index is 1.94. The van der Waals surface area contributed by atoms with Crippen molar-refractivity contribution in [3.05, 3.63) is 23.9 Å². The van der Waals surface area contributed by atoms with Gasteiger partial charge >= 0.3 is 0 Å². The zero-order chi connectivity index (χ0) is 18.2. The predicted molar refractivity (Wildman–Crippen MR) is 107 cm³/mol. The van der Waals surface area contributed by atoms with Crippen LogP contribution >= 0.6 is 0 Å². The number of rotatable bonds is 6. The molecule has 1 atom stereocenters. The Hall–Kier alpha value is -1.78. The lowest BCUT2D eigenvalue weighted by molar-refractivity contribution is 0.436. The lowest BCUT2D eigenvalue weighted by Gasteiger charge is -2.31. The van der Waals surface area contributed by atoms with Crippen molar-refractivity contribution in [1.82, 2.24) is 15.6 Å². The summed E-state index contributed by atoms with van der Waals surface area (Å²) in [5, 5.41) is 6.78. The summed E-state index contributed by atoms with van der Waals surface area (Å²) >= 11 is 0. The molecule has 140 valence electrons. The molecule has 0 aliphatic carbocycles. The highest BCUT2D eigenvalue weighted by Gasteiger charge is 2.16. The van der Waals surface area contributed by atoms with E-state index in [-0.39, 0.29) is 0 Å². The van der Waals surface area contributed by atoms with Gasteiger partial charge in [0, 0.05) is 31.9 Å². The molecule has 1 aromatic rings. The molecule has 0 bridgehead atoms. The number of guanidine groups is 1. The summed E-state index contributed by atoms with van der Waals surface area (Å²) in [6, 6.07) is 4.68. The molecule has 1 aromatic heterocycles. The maximum atomic E-state index is 4.70. The number of aromatic nitrogens is 1. The highest BCUT2D eigenvalue weighted by Crippen LogP contribution is 2.21. The Morgan fingerprint density at radius 1 is 1.28 bits per heavy atom. The first-order chi connectivity index (χ1) is 12.0. The Kier molecular flexibility index (Phi) is 7.53. The Bertz CT molecular complexity index is 530. The molecule has 0 aromatic carbocycles. The van der Waals surface area contributed by atoms with E-state index in [0.717, 1.165) is 42.9 Å². The van der Waals surface area contributed by atoms with Crippen LogP contribution in [0.3, 0.4) is 0 Å². The minimum absolute atomic E-state index is 0.389. The van der Waals surface area contributed by atoms with Crippen molar-refractivity contribution in [3.8, 4) is 0 Å². The van der Waals surface area contributed by atoms with Gasteiger partial charge in [0.2, 0.25) is 0 Å². The molecule has 1 saturated heterocycles. The summed E-state index contributed by atoms with van der Waals surface area (Å²) in [5.41, 5.74) is 1.14. The first-order valence-electron chi connectivity index (χ1n) is 9.74. The van der Waals surface area contributed by atoms with E-state index in [9.17, 15) is 0 Å². The zero-order valence-corrected chi connectivity index (χ0v) is 16.5. The van der Waals surface area contributed by atoms with Crippen molar-refractivity contribution in [2.24, 2.45) is 16.8 Å². The van der Waals surface area contributed by atoms with Crippen LogP contribution in [0, 0.1) is 11.8 Å². The van der Waals surface area contributed by atoms with Gasteiger partial charge in [0.1, 0.15) is 5.82 Å². The third-order valence-corrected chi connectivity index (χ3v) is 5.05. The fourth-order valence-electron chi connectivity index (χ4n) is 2.81. The SMILES string of the molecule is CCNC(=NCc1ccc(N2CCC(C)CC2)nc1)NC(C)C(C)C. The Morgan fingerprint density at radius 2 is 2.00 bits per heavy atom. The van der Waals surface area contributed by atoms with Gasteiger partial charge in [-0.3, -0.25) is 0 Å². The molecule has 5 heteroatoms. The standard InChI is InChI=1S/C20H35N5/c1-6-21-20(24-17(5)15(2)3)23-14-18-7-8-19(22-13-18)25-11-9-16(4)10-12-25/h7-8,13,15-17H,6,9-12,14H2,1-5H3,(H2,21,23,24). The second-order valence-corrected chi connectivity index (χ2v) is 7.57. The van der Waals surface area contributed by atoms with Gasteiger partial charge in [-0.1, -0.05) is 26.8 Å². The summed E-state index contributed by atoms with van der Waals surface area (Å²) in [4.78, 5) is 11.7. The van der Waals surface area contributed by atoms with E-state index in [1.165, 1.54) is 12.8 Å². The van der Waals surface area contributed by atoms with Crippen LogP contribution in [-0.2, 0) is 6.54 Å². The summed E-state index contributed by atoms with van der Waals surface area (Å²) in [5.74, 6) is 3.38. The van der Waals surface area contributed by atoms with E-state index in [1.807, 2.05) is 6.20 Å². The van der Waals surface area contributed by atoms with Crippen LogP contribution in [0.25, 0.3) is 0 Å². The molecule has 2 N–H and O–H groups in total. The normalized spacial score (nSPS) is 17.7. The Labute approximate surface area is 153 Å². The molecule has 1 aliphatic rings. The molecule has 0 saturated carbocycles. The van der Waals surface area contributed by atoms with E-state index < -0.39 is 0 Å². The van der Waals surface area contributed by atoms with Gasteiger partial charge in [0.15, 0.2) is 5.96 Å². The molecule has 1 unspecified atom stereocenters. The van der Waals surface area contributed by atoms with E-state index in [4.69, 9.17) is 4.99 Å². The molecule has 0 spiro atoms. The summed E-state index contributed by atoms with van der Waals surface area (Å²) in [6.45, 7) is 14.8. The number of pyridine rings is 1. The van der Waals surface area contributed by atoms with Crippen LogP contribution in [0.2, 0.25) is 0 Å². The van der Waals surface area contributed by atoms with Crippen molar-refractivity contribution < 1.29 is 0 Å². The number of piperidine rings is 1. The maximum absolute atomic E-state index is 4.70. The van der Waals surface area contributed by atoms with Crippen molar-refractivity contribution >= 4 is 11.8 Å². The van der Waals surface area contributed by atoms with Gasteiger partial charge in [-0.2, -0.15) is 0 Å². The van der Waals surface area contributed by atoms with Crippen molar-refractivity contribution in [1.29, 1.82) is 0 Å². The van der Waals surface area contributed by atoms with Crippen LogP contribution in [0.1, 0.15) is 53.0 Å². The largest absolute Gasteiger partial charge is 0.357 e. The van der Waals surface area contributed by atoms with Crippen molar-refractivity contribution in [2.45, 2.75) is 60.0 Å². The van der Waals surface area contributed by atoms with Gasteiger partial charge in [0.05, 0.1) is 6.54 Å². The average Bonchev–Trinajstić information content (AvgIpc) is 2.61. The highest BCUT2D eigenvalue weighted by molar-refractivity contribution is 5.80. The maximum Gasteiger partial charge on any atom is 0.191 e. The number of nitrogens with one attached hydrogen (secondary N) is 2. The summed E-state index contributed by atoms with van der Waals surface area (Å²) in [6.07, 6.45) is 4.49. The molecule has 2 rings (SSSR count). The quantitative estimate of drug-likeness (QED) is 0.613. The molecular weight excluding hydrogens is 310 g/mol. The second-order valence-electron chi connectivity index (χ2n) is 7.57. The monoisotopic (exact) mass is 345 g/mol. The number of hydrogen-bond acceptors (Lipinski definition) is 3. The topological polar surface area (TPSA) is 52.6 Å². The molecule has 0 amide bonds. The summed E-state index contributed by atoms with van der Waals surface area (Å²) < 4.78 is 0. The van der Waals surface area contributed by atoms with Crippen LogP contribution in [0.15, 0.2) is 23.3 Å². The van der Waals surface area contributed by atoms with Gasteiger partial charge in [-0.15, -0.1) is 0 Å². The van der Waals surface area contributed by atoms with Crippen LogP contribution < -0.4 is 15.5 Å². The van der Waals surface area contributed by atoms with E-state index >= 15 is 0 Å². The second kappa shape index (κ2) is 9.64. The van der Waals surface area contributed by atoms with E-state index in [1.54, 1.807) is 0 Å². The van der Waals surface area contributed by atoms with Crippen LogP contribution in [0.5, 0.6) is 0 Å². The molecule has 5 nitrogen and oxygen atoms in total. The first-order valence-corrected chi connectivity index (χ1v) is 9.74. The van der Waals surface area contributed by atoms with E-state index in [2.05, 4.69) is 67.3 Å². The minimum Gasteiger partial charge on any atom is -0.357 e. The fourth-order valence-corrected chi connectivity index (χ4v) is 2.81. The van der Waals surface area contributed by atoms with E-state index in [0.29, 0.717) is 18.5 Å². The lowest BCUT2D eigenvalue weighted by Crippen LogP contribution is -2.44. The van der Waals surface area contributed by atoms with Gasteiger partial charge in [0.25, 0.3) is 0 Å². The van der Waals surface area contributed by atoms with Gasteiger partial charge < -0.3 is 15.5 Å². The average molecular weight is 346 g/mol. The number of anilines is 1. The van der Waals surface area contributed by atoms with Gasteiger partial charge in [-0.25, -0.2) is 9.98 Å². The molecule has 2 heterocycles. The van der Waals surface area contributed by atoms with Crippen LogP contribution in [0.4, 0.5) is 5.82 Å².